The lowest BCUT2D eigenvalue weighted by molar-refractivity contribution is -0.142. The zero-order valence-electron chi connectivity index (χ0n) is 14.1. The van der Waals surface area contributed by atoms with Crippen molar-refractivity contribution in [3.63, 3.8) is 0 Å². The molecular formula is C15H29IN4O3. The van der Waals surface area contributed by atoms with E-state index < -0.39 is 0 Å². The Kier molecular flexibility index (Phi) is 9.80. The monoisotopic (exact) mass is 440 g/mol. The molecule has 1 atom stereocenters. The summed E-state index contributed by atoms with van der Waals surface area (Å²) in [4.78, 5) is 20.7. The lowest BCUT2D eigenvalue weighted by atomic mass is 10.2. The molecule has 2 rings (SSSR count). The Hall–Kier alpha value is -0.610. The molecule has 2 saturated heterocycles. The van der Waals surface area contributed by atoms with Crippen LogP contribution in [0.4, 0.5) is 0 Å². The van der Waals surface area contributed by atoms with Gasteiger partial charge in [-0.05, 0) is 19.8 Å². The maximum absolute atomic E-state index is 12.3. The number of ether oxygens (including phenoxy) is 2. The average molecular weight is 440 g/mol. The summed E-state index contributed by atoms with van der Waals surface area (Å²) in [6, 6.07) is 0. The highest BCUT2D eigenvalue weighted by Crippen LogP contribution is 2.16. The molecule has 0 spiro atoms. The van der Waals surface area contributed by atoms with Crippen LogP contribution in [0.5, 0.6) is 0 Å². The van der Waals surface area contributed by atoms with Gasteiger partial charge in [-0.3, -0.25) is 9.79 Å². The first-order chi connectivity index (χ1) is 10.8. The lowest BCUT2D eigenvalue weighted by Crippen LogP contribution is -2.55. The second kappa shape index (κ2) is 11.0. The highest BCUT2D eigenvalue weighted by Gasteiger charge is 2.30. The molecule has 2 heterocycles. The Morgan fingerprint density at radius 3 is 2.57 bits per heavy atom. The number of nitrogens with zero attached hydrogens (tertiary/aromatic N) is 3. The van der Waals surface area contributed by atoms with E-state index in [1.807, 2.05) is 11.8 Å². The number of amides is 1. The fourth-order valence-electron chi connectivity index (χ4n) is 2.83. The van der Waals surface area contributed by atoms with Crippen LogP contribution in [0.25, 0.3) is 0 Å². The Balaban J connectivity index is 0.00000264. The molecule has 0 aromatic rings. The van der Waals surface area contributed by atoms with Gasteiger partial charge in [0.15, 0.2) is 5.96 Å². The quantitative estimate of drug-likeness (QED) is 0.293. The molecule has 7 nitrogen and oxygen atoms in total. The number of aliphatic imine (C=N–C) groups is 1. The minimum absolute atomic E-state index is 0. The van der Waals surface area contributed by atoms with Gasteiger partial charge in [-0.1, -0.05) is 0 Å². The normalized spacial score (nSPS) is 22.0. The Labute approximate surface area is 155 Å². The number of hydrogen-bond donors (Lipinski definition) is 1. The van der Waals surface area contributed by atoms with E-state index in [4.69, 9.17) is 9.47 Å². The third kappa shape index (κ3) is 6.07. The van der Waals surface area contributed by atoms with E-state index in [0.29, 0.717) is 13.2 Å². The van der Waals surface area contributed by atoms with Crippen LogP contribution in [0.15, 0.2) is 4.99 Å². The Morgan fingerprint density at radius 2 is 2.00 bits per heavy atom. The van der Waals surface area contributed by atoms with Crippen molar-refractivity contribution >= 4 is 35.8 Å². The van der Waals surface area contributed by atoms with Crippen molar-refractivity contribution in [3.8, 4) is 0 Å². The van der Waals surface area contributed by atoms with E-state index >= 15 is 0 Å². The molecule has 2 fully saturated rings. The maximum Gasteiger partial charge on any atom is 0.251 e. The van der Waals surface area contributed by atoms with Gasteiger partial charge in [-0.2, -0.15) is 0 Å². The molecular weight excluding hydrogens is 411 g/mol. The summed E-state index contributed by atoms with van der Waals surface area (Å²) in [5.74, 6) is 1.03. The van der Waals surface area contributed by atoms with Gasteiger partial charge in [0.25, 0.3) is 5.91 Å². The number of carbonyl (C=O) groups excluding carboxylic acids is 1. The van der Waals surface area contributed by atoms with Crippen molar-refractivity contribution in [2.45, 2.75) is 25.9 Å². The molecule has 2 aliphatic rings. The smallest absolute Gasteiger partial charge is 0.251 e. The first kappa shape index (κ1) is 20.4. The molecule has 2 aliphatic heterocycles. The Bertz CT molecular complexity index is 381. The number of halogens is 1. The number of hydrogen-bond acceptors (Lipinski definition) is 4. The molecule has 0 bridgehead atoms. The van der Waals surface area contributed by atoms with Crippen LogP contribution in [0.2, 0.25) is 0 Å². The predicted octanol–water partition coefficient (Wildman–Crippen LogP) is 0.540. The third-order valence-corrected chi connectivity index (χ3v) is 4.04. The van der Waals surface area contributed by atoms with Gasteiger partial charge >= 0.3 is 0 Å². The van der Waals surface area contributed by atoms with E-state index in [2.05, 4.69) is 15.2 Å². The summed E-state index contributed by atoms with van der Waals surface area (Å²) in [5.41, 5.74) is 0. The summed E-state index contributed by atoms with van der Waals surface area (Å²) in [6.07, 6.45) is 1.64. The molecule has 1 N–H and O–H groups in total. The van der Waals surface area contributed by atoms with E-state index in [-0.39, 0.29) is 36.0 Å². The molecule has 0 aliphatic carbocycles. The second-order valence-corrected chi connectivity index (χ2v) is 5.48. The van der Waals surface area contributed by atoms with Crippen LogP contribution in [0.3, 0.4) is 0 Å². The highest BCUT2D eigenvalue weighted by molar-refractivity contribution is 14.0. The van der Waals surface area contributed by atoms with Crippen LogP contribution < -0.4 is 5.32 Å². The lowest BCUT2D eigenvalue weighted by Gasteiger charge is -2.37. The second-order valence-electron chi connectivity index (χ2n) is 5.48. The average Bonchev–Trinajstić information content (AvgIpc) is 3.09. The minimum Gasteiger partial charge on any atom is -0.380 e. The third-order valence-electron chi connectivity index (χ3n) is 4.04. The predicted molar refractivity (Wildman–Crippen MR) is 100 cm³/mol. The van der Waals surface area contributed by atoms with Gasteiger partial charge in [0.1, 0.15) is 6.10 Å². The van der Waals surface area contributed by atoms with Crippen molar-refractivity contribution in [3.05, 3.63) is 0 Å². The van der Waals surface area contributed by atoms with Gasteiger partial charge in [0.05, 0.1) is 6.61 Å². The molecule has 23 heavy (non-hydrogen) atoms. The number of guanidine groups is 1. The number of rotatable bonds is 5. The molecule has 134 valence electrons. The van der Waals surface area contributed by atoms with E-state index in [9.17, 15) is 4.79 Å². The topological polar surface area (TPSA) is 66.4 Å². The number of piperazine rings is 1. The summed E-state index contributed by atoms with van der Waals surface area (Å²) >= 11 is 0. The zero-order chi connectivity index (χ0) is 15.8. The molecule has 0 saturated carbocycles. The van der Waals surface area contributed by atoms with Gasteiger partial charge < -0.3 is 24.6 Å². The van der Waals surface area contributed by atoms with Crippen LogP contribution >= 0.6 is 24.0 Å². The summed E-state index contributed by atoms with van der Waals surface area (Å²) in [6.45, 7) is 7.90. The van der Waals surface area contributed by atoms with Crippen LogP contribution in [-0.4, -0.2) is 87.4 Å². The standard InChI is InChI=1S/C15H28N4O3.HI/c1-3-21-12-6-17-15(16-2)19-9-7-18(8-10-19)14(20)13-5-4-11-22-13;/h13H,3-12H2,1-2H3,(H,16,17);1H. The van der Waals surface area contributed by atoms with Crippen molar-refractivity contribution in [2.24, 2.45) is 4.99 Å². The van der Waals surface area contributed by atoms with E-state index in [0.717, 1.165) is 58.1 Å². The first-order valence-corrected chi connectivity index (χ1v) is 8.20. The van der Waals surface area contributed by atoms with Crippen molar-refractivity contribution in [2.75, 3.05) is 59.6 Å². The Morgan fingerprint density at radius 1 is 1.30 bits per heavy atom. The number of nitrogens with one attached hydrogen (secondary N) is 1. The van der Waals surface area contributed by atoms with Gasteiger partial charge in [0.2, 0.25) is 0 Å². The fourth-order valence-corrected chi connectivity index (χ4v) is 2.83. The van der Waals surface area contributed by atoms with Crippen molar-refractivity contribution in [1.29, 1.82) is 0 Å². The molecule has 0 radical (unpaired) electrons. The number of carbonyl (C=O) groups is 1. The molecule has 8 heteroatoms. The zero-order valence-corrected chi connectivity index (χ0v) is 16.5. The van der Waals surface area contributed by atoms with Gasteiger partial charge in [-0.15, -0.1) is 24.0 Å². The molecule has 1 amide bonds. The van der Waals surface area contributed by atoms with Crippen molar-refractivity contribution in [1.82, 2.24) is 15.1 Å². The van der Waals surface area contributed by atoms with Gasteiger partial charge in [-0.25, -0.2) is 0 Å². The maximum atomic E-state index is 12.3. The minimum atomic E-state index is -0.213. The summed E-state index contributed by atoms with van der Waals surface area (Å²) < 4.78 is 10.8. The SMILES string of the molecule is CCOCCNC(=NC)N1CCN(C(=O)C2CCCO2)CC1.I. The first-order valence-electron chi connectivity index (χ1n) is 8.20. The van der Waals surface area contributed by atoms with Gasteiger partial charge in [0, 0.05) is 53.0 Å². The fraction of sp³-hybridized carbons (Fsp3) is 0.867. The highest BCUT2D eigenvalue weighted by atomic mass is 127. The van der Waals surface area contributed by atoms with Crippen LogP contribution in [0, 0.1) is 0 Å². The van der Waals surface area contributed by atoms with Crippen LogP contribution in [0.1, 0.15) is 19.8 Å². The molecule has 0 aromatic heterocycles. The van der Waals surface area contributed by atoms with Crippen molar-refractivity contribution < 1.29 is 14.3 Å². The summed E-state index contributed by atoms with van der Waals surface area (Å²) in [5, 5.41) is 3.30. The molecule has 0 aromatic carbocycles. The van der Waals surface area contributed by atoms with E-state index in [1.54, 1.807) is 7.05 Å². The van der Waals surface area contributed by atoms with Crippen LogP contribution in [-0.2, 0) is 14.3 Å². The summed E-state index contributed by atoms with van der Waals surface area (Å²) in [7, 11) is 1.78. The largest absolute Gasteiger partial charge is 0.380 e. The van der Waals surface area contributed by atoms with E-state index in [1.165, 1.54) is 0 Å². The molecule has 1 unspecified atom stereocenters.